The van der Waals surface area contributed by atoms with Crippen LogP contribution in [0.5, 0.6) is 0 Å². The number of terminal acetylenes is 1. The Morgan fingerprint density at radius 3 is 2.38 bits per heavy atom. The first kappa shape index (κ1) is 12.6. The predicted octanol–water partition coefficient (Wildman–Crippen LogP) is 0.380. The molecule has 0 aromatic carbocycles. The SMILES string of the molecule is C#CC(C)N1C(=O)C(C(C)C)NC(=O)C1C. The molecule has 0 aromatic heterocycles. The fourth-order valence-electron chi connectivity index (χ4n) is 1.87. The molecule has 1 aliphatic rings. The first-order valence-electron chi connectivity index (χ1n) is 5.48. The summed E-state index contributed by atoms with van der Waals surface area (Å²) in [7, 11) is 0. The summed E-state index contributed by atoms with van der Waals surface area (Å²) >= 11 is 0. The molecule has 3 atom stereocenters. The van der Waals surface area contributed by atoms with Crippen molar-refractivity contribution in [1.82, 2.24) is 10.2 Å². The Morgan fingerprint density at radius 2 is 1.94 bits per heavy atom. The van der Waals surface area contributed by atoms with E-state index in [9.17, 15) is 9.59 Å². The third-order valence-electron chi connectivity index (χ3n) is 2.94. The summed E-state index contributed by atoms with van der Waals surface area (Å²) in [6, 6.07) is -1.30. The van der Waals surface area contributed by atoms with Gasteiger partial charge in [-0.15, -0.1) is 6.42 Å². The number of nitrogens with zero attached hydrogens (tertiary/aromatic N) is 1. The molecule has 4 nitrogen and oxygen atoms in total. The Hall–Kier alpha value is -1.50. The van der Waals surface area contributed by atoms with E-state index in [1.807, 2.05) is 13.8 Å². The van der Waals surface area contributed by atoms with E-state index in [1.165, 1.54) is 4.90 Å². The van der Waals surface area contributed by atoms with Gasteiger partial charge < -0.3 is 10.2 Å². The molecule has 1 aliphatic heterocycles. The molecule has 16 heavy (non-hydrogen) atoms. The number of piperazine rings is 1. The second-order valence-electron chi connectivity index (χ2n) is 4.49. The zero-order valence-corrected chi connectivity index (χ0v) is 10.2. The summed E-state index contributed by atoms with van der Waals surface area (Å²) in [5.74, 6) is 2.34. The van der Waals surface area contributed by atoms with Gasteiger partial charge in [0, 0.05) is 0 Å². The highest BCUT2D eigenvalue weighted by Gasteiger charge is 2.41. The third-order valence-corrected chi connectivity index (χ3v) is 2.94. The van der Waals surface area contributed by atoms with Crippen LogP contribution in [0.4, 0.5) is 0 Å². The van der Waals surface area contributed by atoms with Crippen molar-refractivity contribution in [1.29, 1.82) is 0 Å². The number of hydrogen-bond donors (Lipinski definition) is 1. The van der Waals surface area contributed by atoms with Gasteiger partial charge in [0.2, 0.25) is 11.8 Å². The van der Waals surface area contributed by atoms with Crippen molar-refractivity contribution in [2.75, 3.05) is 0 Å². The molecule has 0 bridgehead atoms. The quantitative estimate of drug-likeness (QED) is 0.687. The molecule has 0 radical (unpaired) electrons. The summed E-state index contributed by atoms with van der Waals surface area (Å²) in [5.41, 5.74) is 0. The highest BCUT2D eigenvalue weighted by Crippen LogP contribution is 2.17. The number of rotatable bonds is 2. The zero-order valence-electron chi connectivity index (χ0n) is 10.2. The molecule has 1 rings (SSSR count). The standard InChI is InChI=1S/C12H18N2O2/c1-6-8(4)14-9(5)11(15)13-10(7(2)3)12(14)16/h1,7-10H,2-5H3,(H,13,15). The molecule has 0 saturated carbocycles. The monoisotopic (exact) mass is 222 g/mol. The molecule has 2 amide bonds. The molecular formula is C12H18N2O2. The van der Waals surface area contributed by atoms with Crippen LogP contribution in [-0.4, -0.2) is 34.8 Å². The van der Waals surface area contributed by atoms with Gasteiger partial charge in [0.05, 0.1) is 6.04 Å². The minimum absolute atomic E-state index is 0.0661. The van der Waals surface area contributed by atoms with Crippen LogP contribution in [0.25, 0.3) is 0 Å². The van der Waals surface area contributed by atoms with Crippen LogP contribution in [0.15, 0.2) is 0 Å². The zero-order chi connectivity index (χ0) is 12.5. The minimum Gasteiger partial charge on any atom is -0.342 e. The van der Waals surface area contributed by atoms with Crippen LogP contribution >= 0.6 is 0 Å². The second kappa shape index (κ2) is 4.56. The summed E-state index contributed by atoms with van der Waals surface area (Å²) in [5, 5.41) is 2.73. The molecule has 0 aliphatic carbocycles. The van der Waals surface area contributed by atoms with Gasteiger partial charge in [-0.3, -0.25) is 9.59 Å². The summed E-state index contributed by atoms with van der Waals surface area (Å²) in [4.78, 5) is 25.3. The smallest absolute Gasteiger partial charge is 0.247 e. The summed E-state index contributed by atoms with van der Waals surface area (Å²) < 4.78 is 0. The number of amides is 2. The molecular weight excluding hydrogens is 204 g/mol. The van der Waals surface area contributed by atoms with E-state index in [-0.39, 0.29) is 23.8 Å². The maximum atomic E-state index is 12.1. The number of nitrogens with one attached hydrogen (secondary N) is 1. The Labute approximate surface area is 96.4 Å². The van der Waals surface area contributed by atoms with Gasteiger partial charge in [0.15, 0.2) is 0 Å². The molecule has 88 valence electrons. The fourth-order valence-corrected chi connectivity index (χ4v) is 1.87. The van der Waals surface area contributed by atoms with Gasteiger partial charge in [0.1, 0.15) is 12.1 Å². The number of hydrogen-bond acceptors (Lipinski definition) is 2. The maximum Gasteiger partial charge on any atom is 0.247 e. The van der Waals surface area contributed by atoms with E-state index in [0.717, 1.165) is 0 Å². The van der Waals surface area contributed by atoms with Crippen molar-refractivity contribution in [2.45, 2.75) is 45.8 Å². The number of carbonyl (C=O) groups excluding carboxylic acids is 2. The number of carbonyl (C=O) groups is 2. The van der Waals surface area contributed by atoms with Crippen LogP contribution < -0.4 is 5.32 Å². The molecule has 1 N–H and O–H groups in total. The van der Waals surface area contributed by atoms with E-state index in [2.05, 4.69) is 11.2 Å². The van der Waals surface area contributed by atoms with Gasteiger partial charge in [-0.25, -0.2) is 0 Å². The molecule has 4 heteroatoms. The summed E-state index contributed by atoms with van der Waals surface area (Å²) in [6.45, 7) is 7.25. The van der Waals surface area contributed by atoms with E-state index in [1.54, 1.807) is 13.8 Å². The Bertz CT molecular complexity index is 343. The Morgan fingerprint density at radius 1 is 1.38 bits per heavy atom. The Kier molecular flexibility index (Phi) is 3.58. The van der Waals surface area contributed by atoms with Gasteiger partial charge in [-0.05, 0) is 19.8 Å². The van der Waals surface area contributed by atoms with Crippen LogP contribution in [0.1, 0.15) is 27.7 Å². The van der Waals surface area contributed by atoms with Gasteiger partial charge in [0.25, 0.3) is 0 Å². The van der Waals surface area contributed by atoms with E-state index < -0.39 is 12.1 Å². The second-order valence-corrected chi connectivity index (χ2v) is 4.49. The average Bonchev–Trinajstić information content (AvgIpc) is 2.22. The largest absolute Gasteiger partial charge is 0.342 e. The maximum absolute atomic E-state index is 12.1. The van der Waals surface area contributed by atoms with Gasteiger partial charge >= 0.3 is 0 Å². The lowest BCUT2D eigenvalue weighted by molar-refractivity contribution is -0.151. The van der Waals surface area contributed by atoms with Gasteiger partial charge in [-0.2, -0.15) is 0 Å². The first-order chi connectivity index (χ1) is 7.40. The average molecular weight is 222 g/mol. The Balaban J connectivity index is 3.01. The fraction of sp³-hybridized carbons (Fsp3) is 0.667. The van der Waals surface area contributed by atoms with Crippen LogP contribution in [0.2, 0.25) is 0 Å². The highest BCUT2D eigenvalue weighted by molar-refractivity contribution is 5.97. The predicted molar refractivity (Wildman–Crippen MR) is 61.4 cm³/mol. The van der Waals surface area contributed by atoms with Crippen molar-refractivity contribution >= 4 is 11.8 Å². The first-order valence-corrected chi connectivity index (χ1v) is 5.48. The third kappa shape index (κ3) is 2.04. The molecule has 0 spiro atoms. The van der Waals surface area contributed by atoms with E-state index in [0.29, 0.717) is 0 Å². The van der Waals surface area contributed by atoms with Crippen molar-refractivity contribution < 1.29 is 9.59 Å². The van der Waals surface area contributed by atoms with Crippen molar-refractivity contribution in [3.63, 3.8) is 0 Å². The van der Waals surface area contributed by atoms with Gasteiger partial charge in [-0.1, -0.05) is 19.8 Å². The lowest BCUT2D eigenvalue weighted by Gasteiger charge is -2.40. The topological polar surface area (TPSA) is 49.4 Å². The lowest BCUT2D eigenvalue weighted by Crippen LogP contribution is -2.65. The van der Waals surface area contributed by atoms with E-state index in [4.69, 9.17) is 6.42 Å². The van der Waals surface area contributed by atoms with E-state index >= 15 is 0 Å². The highest BCUT2D eigenvalue weighted by atomic mass is 16.2. The van der Waals surface area contributed by atoms with Crippen molar-refractivity contribution in [3.05, 3.63) is 0 Å². The lowest BCUT2D eigenvalue weighted by atomic mass is 9.97. The summed E-state index contributed by atoms with van der Waals surface area (Å²) in [6.07, 6.45) is 5.32. The van der Waals surface area contributed by atoms with Crippen molar-refractivity contribution in [3.8, 4) is 12.3 Å². The molecule has 1 fully saturated rings. The molecule has 1 saturated heterocycles. The minimum atomic E-state index is -0.492. The van der Waals surface area contributed by atoms with Crippen LogP contribution in [0, 0.1) is 18.3 Å². The molecule has 1 heterocycles. The van der Waals surface area contributed by atoms with Crippen LogP contribution in [-0.2, 0) is 9.59 Å². The molecule has 3 unspecified atom stereocenters. The van der Waals surface area contributed by atoms with Crippen LogP contribution in [0.3, 0.4) is 0 Å². The van der Waals surface area contributed by atoms with Crippen molar-refractivity contribution in [2.24, 2.45) is 5.92 Å². The molecule has 0 aromatic rings. The normalized spacial score (nSPS) is 27.6.